The predicted molar refractivity (Wildman–Crippen MR) is 157 cm³/mol. The van der Waals surface area contributed by atoms with Gasteiger partial charge >= 0.3 is 0 Å². The van der Waals surface area contributed by atoms with Crippen LogP contribution in [0.1, 0.15) is 111 Å². The van der Waals surface area contributed by atoms with Crippen LogP contribution >= 0.6 is 0 Å². The zero-order valence-electron chi connectivity index (χ0n) is 25.9. The molecule has 2 aromatic rings. The Morgan fingerprint density at radius 2 is 1.44 bits per heavy atom. The van der Waals surface area contributed by atoms with Crippen LogP contribution in [0.25, 0.3) is 0 Å². The van der Waals surface area contributed by atoms with Gasteiger partial charge in [0, 0.05) is 39.3 Å². The monoisotopic (exact) mass is 576 g/mol. The van der Waals surface area contributed by atoms with Crippen molar-refractivity contribution in [2.24, 2.45) is 0 Å². The fraction of sp³-hybridized carbons (Fsp3) is 0.562. The number of nitrogens with zero attached hydrogens (tertiary/aromatic N) is 1. The molecule has 0 bridgehead atoms. The fourth-order valence-electron chi connectivity index (χ4n) is 3.46. The number of likely N-dealkylation sites (tertiary alicyclic amines) is 1. The summed E-state index contributed by atoms with van der Waals surface area (Å²) in [6.45, 7) is 25.3. The molecule has 207 valence electrons. The summed E-state index contributed by atoms with van der Waals surface area (Å²) < 4.78 is 6.07. The molecule has 1 radical (unpaired) electrons. The summed E-state index contributed by atoms with van der Waals surface area (Å²) in [5.41, 5.74) is 4.43. The third-order valence-electron chi connectivity index (χ3n) is 4.99. The largest absolute Gasteiger partial charge is 0.551 e. The third kappa shape index (κ3) is 14.9. The number of aliphatic hydroxyl groups is 1. The van der Waals surface area contributed by atoms with Gasteiger partial charge in [0.05, 0.1) is 0 Å². The minimum atomic E-state index is 0. The van der Waals surface area contributed by atoms with E-state index in [9.17, 15) is 5.11 Å². The second-order valence-electron chi connectivity index (χ2n) is 6.75. The first-order chi connectivity index (χ1) is 17.1. The first-order valence-electron chi connectivity index (χ1n) is 14.0. The summed E-state index contributed by atoms with van der Waals surface area (Å²) >= 11 is 0. The Hall–Kier alpha value is -0.706. The van der Waals surface area contributed by atoms with Gasteiger partial charge in [0.15, 0.2) is 0 Å². The van der Waals surface area contributed by atoms with Crippen LogP contribution in [0.5, 0.6) is 0 Å². The Bertz CT molecular complexity index is 694. The number of rotatable bonds is 6. The fourth-order valence-corrected chi connectivity index (χ4v) is 3.46. The van der Waals surface area contributed by atoms with E-state index in [1.807, 2.05) is 82.2 Å². The maximum atomic E-state index is 10.6. The summed E-state index contributed by atoms with van der Waals surface area (Å²) in [5.74, 6) is 0. The molecule has 1 atom stereocenters. The molecule has 1 saturated heterocycles. The molecule has 0 aliphatic carbocycles. The molecule has 36 heavy (non-hydrogen) atoms. The average molecular weight is 577 g/mol. The van der Waals surface area contributed by atoms with E-state index in [0.29, 0.717) is 6.10 Å². The molecule has 2 aromatic carbocycles. The minimum Gasteiger partial charge on any atom is -0.551 e. The van der Waals surface area contributed by atoms with Gasteiger partial charge in [-0.1, -0.05) is 131 Å². The average Bonchev–Trinajstić information content (AvgIpc) is 3.33. The van der Waals surface area contributed by atoms with Crippen LogP contribution in [0.15, 0.2) is 48.5 Å². The molecule has 1 fully saturated rings. The molecule has 3 rings (SSSR count). The van der Waals surface area contributed by atoms with E-state index >= 15 is 0 Å². The van der Waals surface area contributed by atoms with Gasteiger partial charge in [0.2, 0.25) is 0 Å². The maximum Gasteiger partial charge on any atom is 0.0117 e. The van der Waals surface area contributed by atoms with Gasteiger partial charge in [-0.05, 0) is 26.1 Å². The minimum absolute atomic E-state index is 0. The maximum absolute atomic E-state index is 10.6. The molecule has 0 saturated carbocycles. The summed E-state index contributed by atoms with van der Waals surface area (Å²) in [5, 5.41) is 10.6. The summed E-state index contributed by atoms with van der Waals surface area (Å²) in [6.07, 6.45) is 3.20. The van der Waals surface area contributed by atoms with E-state index < -0.39 is 0 Å². The SMILES string of the molecule is CC.CC.CC.CC.CC.CCc1ccc(C)c([C-](O)CO[C-]2CCN(C)[C@H]2c2ccccc2)c1.[Y]. The third-order valence-corrected chi connectivity index (χ3v) is 4.99. The van der Waals surface area contributed by atoms with Crippen LogP contribution in [0.4, 0.5) is 0 Å². The van der Waals surface area contributed by atoms with Crippen LogP contribution in [0.2, 0.25) is 0 Å². The number of hydrogen-bond acceptors (Lipinski definition) is 3. The van der Waals surface area contributed by atoms with Crippen LogP contribution in [0, 0.1) is 19.1 Å². The number of ether oxygens (including phenoxy) is 1. The van der Waals surface area contributed by atoms with Crippen LogP contribution in [-0.2, 0) is 43.9 Å². The number of hydrogen-bond donors (Lipinski definition) is 1. The van der Waals surface area contributed by atoms with Crippen molar-refractivity contribution < 1.29 is 42.6 Å². The van der Waals surface area contributed by atoms with E-state index in [1.54, 1.807) is 0 Å². The number of aryl methyl sites for hydroxylation is 2. The second kappa shape index (κ2) is 28.9. The molecular weight excluding hydrogens is 519 g/mol. The van der Waals surface area contributed by atoms with E-state index in [0.717, 1.165) is 36.6 Å². The first kappa shape index (κ1) is 42.4. The van der Waals surface area contributed by atoms with Gasteiger partial charge in [-0.25, -0.2) is 0 Å². The Balaban J connectivity index is -0.000000416. The zero-order valence-corrected chi connectivity index (χ0v) is 28.7. The van der Waals surface area contributed by atoms with E-state index in [4.69, 9.17) is 4.74 Å². The molecule has 0 spiro atoms. The summed E-state index contributed by atoms with van der Waals surface area (Å²) in [6, 6.07) is 16.8. The van der Waals surface area contributed by atoms with Crippen molar-refractivity contribution in [2.75, 3.05) is 20.2 Å². The Morgan fingerprint density at radius 1 is 0.917 bits per heavy atom. The molecule has 0 amide bonds. The van der Waals surface area contributed by atoms with Crippen molar-refractivity contribution in [3.05, 3.63) is 83.0 Å². The van der Waals surface area contributed by atoms with Gasteiger partial charge in [-0.15, -0.1) is 23.6 Å². The number of benzene rings is 2. The Kier molecular flexibility index (Phi) is 34.0. The molecule has 0 unspecified atom stereocenters. The van der Waals surface area contributed by atoms with Gasteiger partial charge < -0.3 is 14.7 Å². The van der Waals surface area contributed by atoms with Gasteiger partial charge in [0.25, 0.3) is 0 Å². The smallest absolute Gasteiger partial charge is 0.0117 e. The number of aliphatic hydroxyl groups excluding tert-OH is 1. The van der Waals surface area contributed by atoms with Gasteiger partial charge in [0.1, 0.15) is 0 Å². The quantitative estimate of drug-likeness (QED) is 0.348. The number of likely N-dealkylation sites (N-methyl/N-ethyl adjacent to an activating group) is 1. The van der Waals surface area contributed by atoms with Crippen molar-refractivity contribution in [3.8, 4) is 0 Å². The second-order valence-corrected chi connectivity index (χ2v) is 6.75. The first-order valence-corrected chi connectivity index (χ1v) is 14.0. The summed E-state index contributed by atoms with van der Waals surface area (Å²) in [4.78, 5) is 2.30. The molecule has 3 nitrogen and oxygen atoms in total. The van der Waals surface area contributed by atoms with Crippen molar-refractivity contribution in [2.45, 2.75) is 102 Å². The van der Waals surface area contributed by atoms with Gasteiger partial charge in [-0.2, -0.15) is 17.7 Å². The molecule has 1 N–H and O–H groups in total. The van der Waals surface area contributed by atoms with Crippen LogP contribution in [-0.4, -0.2) is 30.2 Å². The van der Waals surface area contributed by atoms with Crippen molar-refractivity contribution >= 4 is 0 Å². The molecule has 1 aliphatic rings. The molecular formula is C32H57NO2Y-2. The van der Waals surface area contributed by atoms with Crippen molar-refractivity contribution in [3.63, 3.8) is 0 Å². The van der Waals surface area contributed by atoms with E-state index in [1.165, 1.54) is 11.1 Å². The molecule has 1 heterocycles. The topological polar surface area (TPSA) is 32.7 Å². The molecule has 1 aliphatic heterocycles. The zero-order chi connectivity index (χ0) is 27.8. The van der Waals surface area contributed by atoms with Crippen LogP contribution < -0.4 is 0 Å². The molecule has 4 heteroatoms. The van der Waals surface area contributed by atoms with E-state index in [-0.39, 0.29) is 45.4 Å². The van der Waals surface area contributed by atoms with Gasteiger partial charge in [-0.3, -0.25) is 0 Å². The van der Waals surface area contributed by atoms with Crippen molar-refractivity contribution in [1.82, 2.24) is 4.90 Å². The van der Waals surface area contributed by atoms with Crippen LogP contribution in [0.3, 0.4) is 0 Å². The predicted octanol–water partition coefficient (Wildman–Crippen LogP) is 9.56. The van der Waals surface area contributed by atoms with E-state index in [2.05, 4.69) is 61.3 Å². The Morgan fingerprint density at radius 3 is 1.94 bits per heavy atom. The molecule has 0 aromatic heterocycles. The summed E-state index contributed by atoms with van der Waals surface area (Å²) in [7, 11) is 2.12. The van der Waals surface area contributed by atoms with Crippen molar-refractivity contribution in [1.29, 1.82) is 0 Å². The Labute approximate surface area is 251 Å². The standard InChI is InChI=1S/C22H27NO2.5C2H6.Y/c1-4-17-11-10-16(2)19(14-17)20(24)15-25-21-12-13-23(3)22(21)18-8-6-5-7-9-18;5*1-2;/h5-11,14,22,24H,4,12-13,15H2,1-3H3;5*1-2H3;/q-2;;;;;;/t22-;;;;;;/m0....../s1. The normalized spacial score (nSPS) is 13.8.